The summed E-state index contributed by atoms with van der Waals surface area (Å²) in [6.07, 6.45) is 0. The van der Waals surface area contributed by atoms with E-state index in [1.54, 1.807) is 12.1 Å². The van der Waals surface area contributed by atoms with Crippen LogP contribution in [0.3, 0.4) is 0 Å². The summed E-state index contributed by atoms with van der Waals surface area (Å²) in [5.41, 5.74) is 0. The Hall–Kier alpha value is -0.780. The molecule has 0 saturated carbocycles. The number of rotatable bonds is 2. The minimum Gasteiger partial charge on any atom is -0.287 e. The molecule has 4 heteroatoms. The Kier molecular flexibility index (Phi) is 3.33. The summed E-state index contributed by atoms with van der Waals surface area (Å²) in [6, 6.07) is 7.22. The van der Waals surface area contributed by atoms with Crippen LogP contribution >= 0.6 is 22.6 Å². The van der Waals surface area contributed by atoms with Gasteiger partial charge in [0.15, 0.2) is 5.75 Å². The van der Waals surface area contributed by atoms with Crippen molar-refractivity contribution in [3.8, 4) is 5.75 Å². The van der Waals surface area contributed by atoms with E-state index in [2.05, 4.69) is 27.5 Å². The van der Waals surface area contributed by atoms with Crippen molar-refractivity contribution >= 4 is 28.6 Å². The van der Waals surface area contributed by atoms with Gasteiger partial charge in [0.05, 0.1) is 0 Å². The van der Waals surface area contributed by atoms with E-state index in [4.69, 9.17) is 4.89 Å². The predicted molar refractivity (Wildman–Crippen MR) is 51.6 cm³/mol. The molecule has 0 aromatic heterocycles. The van der Waals surface area contributed by atoms with Crippen molar-refractivity contribution < 1.29 is 14.6 Å². The maximum atomic E-state index is 10.4. The molecule has 0 spiro atoms. The summed E-state index contributed by atoms with van der Waals surface area (Å²) in [5.74, 6) is 0.0611. The molecular weight excluding hydrogens is 271 g/mol. The second kappa shape index (κ2) is 4.30. The molecule has 0 aliphatic rings. The zero-order chi connectivity index (χ0) is 8.97. The van der Waals surface area contributed by atoms with E-state index >= 15 is 0 Å². The highest BCUT2D eigenvalue weighted by atomic mass is 127. The molecule has 12 heavy (non-hydrogen) atoms. The fourth-order valence-electron chi connectivity index (χ4n) is 0.626. The Morgan fingerprint density at radius 1 is 1.50 bits per heavy atom. The van der Waals surface area contributed by atoms with Gasteiger partial charge in [-0.05, 0) is 40.8 Å². The lowest BCUT2D eigenvalue weighted by molar-refractivity contribution is -0.210. The third kappa shape index (κ3) is 3.08. The second-order valence-electron chi connectivity index (χ2n) is 2.12. The molecule has 3 nitrogen and oxygen atoms in total. The van der Waals surface area contributed by atoms with E-state index in [0.29, 0.717) is 5.75 Å². The Morgan fingerprint density at radius 2 is 2.25 bits per heavy atom. The number of hydrogen-bond donors (Lipinski definition) is 0. The molecule has 1 aromatic carbocycles. The first-order valence-electron chi connectivity index (χ1n) is 3.29. The first-order chi connectivity index (χ1) is 5.68. The molecular formula is C8H7IO3. The summed E-state index contributed by atoms with van der Waals surface area (Å²) in [7, 11) is 0. The van der Waals surface area contributed by atoms with Gasteiger partial charge in [0.1, 0.15) is 0 Å². The highest BCUT2D eigenvalue weighted by molar-refractivity contribution is 14.1. The molecule has 0 aliphatic heterocycles. The summed E-state index contributed by atoms with van der Waals surface area (Å²) in [5, 5.41) is 0. The molecule has 0 unspecified atom stereocenters. The van der Waals surface area contributed by atoms with Crippen molar-refractivity contribution in [3.63, 3.8) is 0 Å². The monoisotopic (exact) mass is 278 g/mol. The van der Waals surface area contributed by atoms with Crippen molar-refractivity contribution in [1.82, 2.24) is 0 Å². The van der Waals surface area contributed by atoms with Crippen LogP contribution in [0.2, 0.25) is 0 Å². The maximum Gasteiger partial charge on any atom is 0.352 e. The van der Waals surface area contributed by atoms with Crippen molar-refractivity contribution in [2.24, 2.45) is 0 Å². The van der Waals surface area contributed by atoms with Crippen LogP contribution in [0.1, 0.15) is 6.92 Å². The number of carbonyl (C=O) groups is 1. The van der Waals surface area contributed by atoms with E-state index in [0.717, 1.165) is 3.57 Å². The first kappa shape index (κ1) is 9.31. The van der Waals surface area contributed by atoms with E-state index in [9.17, 15) is 4.79 Å². The van der Waals surface area contributed by atoms with Gasteiger partial charge in [-0.15, -0.1) is 0 Å². The number of halogens is 1. The van der Waals surface area contributed by atoms with Gasteiger partial charge in [0, 0.05) is 10.5 Å². The highest BCUT2D eigenvalue weighted by Crippen LogP contribution is 2.14. The van der Waals surface area contributed by atoms with E-state index in [1.807, 2.05) is 12.1 Å². The summed E-state index contributed by atoms with van der Waals surface area (Å²) in [4.78, 5) is 19.4. The Bertz CT molecular complexity index is 285. The third-order valence-corrected chi connectivity index (χ3v) is 1.72. The van der Waals surface area contributed by atoms with Crippen LogP contribution < -0.4 is 4.89 Å². The molecule has 64 valence electrons. The summed E-state index contributed by atoms with van der Waals surface area (Å²) >= 11 is 2.14. The van der Waals surface area contributed by atoms with Gasteiger partial charge in [-0.1, -0.05) is 6.07 Å². The maximum absolute atomic E-state index is 10.4. The van der Waals surface area contributed by atoms with Crippen molar-refractivity contribution in [2.45, 2.75) is 6.92 Å². The zero-order valence-electron chi connectivity index (χ0n) is 6.41. The molecule has 0 fully saturated rings. The van der Waals surface area contributed by atoms with Gasteiger partial charge in [0.2, 0.25) is 0 Å². The fourth-order valence-corrected chi connectivity index (χ4v) is 1.14. The average Bonchev–Trinajstić information content (AvgIpc) is 2.01. The standard InChI is InChI=1S/C8H7IO3/c1-6(10)11-12-8-4-2-3-7(9)5-8/h2-5H,1H3. The van der Waals surface area contributed by atoms with E-state index < -0.39 is 5.97 Å². The first-order valence-corrected chi connectivity index (χ1v) is 4.37. The predicted octanol–water partition coefficient (Wildman–Crippen LogP) is 2.15. The van der Waals surface area contributed by atoms with Crippen molar-refractivity contribution in [1.29, 1.82) is 0 Å². The Balaban J connectivity index is 2.57. The average molecular weight is 278 g/mol. The Morgan fingerprint density at radius 3 is 2.83 bits per heavy atom. The SMILES string of the molecule is CC(=O)OOc1cccc(I)c1. The minimum atomic E-state index is -0.464. The van der Waals surface area contributed by atoms with Crippen LogP contribution in [0.25, 0.3) is 0 Å². The van der Waals surface area contributed by atoms with Gasteiger partial charge >= 0.3 is 5.97 Å². The van der Waals surface area contributed by atoms with E-state index in [1.165, 1.54) is 6.92 Å². The minimum absolute atomic E-state index is 0.464. The highest BCUT2D eigenvalue weighted by Gasteiger charge is 1.97. The van der Waals surface area contributed by atoms with Gasteiger partial charge in [-0.25, -0.2) is 4.79 Å². The third-order valence-electron chi connectivity index (χ3n) is 1.05. The fraction of sp³-hybridized carbons (Fsp3) is 0.125. The van der Waals surface area contributed by atoms with Gasteiger partial charge in [-0.2, -0.15) is 0 Å². The van der Waals surface area contributed by atoms with Gasteiger partial charge < -0.3 is 0 Å². The van der Waals surface area contributed by atoms with Crippen LogP contribution in [-0.2, 0) is 9.68 Å². The van der Waals surface area contributed by atoms with Crippen LogP contribution in [0, 0.1) is 3.57 Å². The van der Waals surface area contributed by atoms with Crippen molar-refractivity contribution in [2.75, 3.05) is 0 Å². The lowest BCUT2D eigenvalue weighted by atomic mass is 10.3. The molecule has 0 bridgehead atoms. The Labute approximate surface area is 83.7 Å². The largest absolute Gasteiger partial charge is 0.352 e. The molecule has 1 aromatic rings. The number of carbonyl (C=O) groups excluding carboxylic acids is 1. The second-order valence-corrected chi connectivity index (χ2v) is 3.36. The molecule has 0 aliphatic carbocycles. The molecule has 0 atom stereocenters. The topological polar surface area (TPSA) is 35.5 Å². The molecule has 0 radical (unpaired) electrons. The lowest BCUT2D eigenvalue weighted by Crippen LogP contribution is -2.02. The number of benzene rings is 1. The smallest absolute Gasteiger partial charge is 0.287 e. The van der Waals surface area contributed by atoms with Crippen LogP contribution in [0.5, 0.6) is 5.75 Å². The summed E-state index contributed by atoms with van der Waals surface area (Å²) < 4.78 is 1.03. The zero-order valence-corrected chi connectivity index (χ0v) is 8.57. The van der Waals surface area contributed by atoms with Crippen LogP contribution in [0.15, 0.2) is 24.3 Å². The summed E-state index contributed by atoms with van der Waals surface area (Å²) in [6.45, 7) is 1.29. The van der Waals surface area contributed by atoms with Gasteiger partial charge in [0.25, 0.3) is 0 Å². The molecule has 0 saturated heterocycles. The van der Waals surface area contributed by atoms with Crippen LogP contribution in [-0.4, -0.2) is 5.97 Å². The molecule has 0 heterocycles. The number of hydrogen-bond acceptors (Lipinski definition) is 3. The molecule has 1 rings (SSSR count). The quantitative estimate of drug-likeness (QED) is 0.472. The molecule has 0 amide bonds. The lowest BCUT2D eigenvalue weighted by Gasteiger charge is -2.01. The van der Waals surface area contributed by atoms with Crippen LogP contribution in [0.4, 0.5) is 0 Å². The van der Waals surface area contributed by atoms with E-state index in [-0.39, 0.29) is 0 Å². The molecule has 0 N–H and O–H groups in total. The van der Waals surface area contributed by atoms with Crippen molar-refractivity contribution in [3.05, 3.63) is 27.8 Å². The normalized spacial score (nSPS) is 9.17. The van der Waals surface area contributed by atoms with Gasteiger partial charge in [-0.3, -0.25) is 9.78 Å².